The Bertz CT molecular complexity index is 1130. The number of benzene rings is 2. The van der Waals surface area contributed by atoms with E-state index in [-0.39, 0.29) is 18.9 Å². The number of anilines is 1. The van der Waals surface area contributed by atoms with Crippen molar-refractivity contribution in [2.24, 2.45) is 0 Å². The van der Waals surface area contributed by atoms with Crippen LogP contribution in [0.5, 0.6) is 11.5 Å². The van der Waals surface area contributed by atoms with Crippen LogP contribution < -0.4 is 14.8 Å². The molecule has 6 nitrogen and oxygen atoms in total. The van der Waals surface area contributed by atoms with Gasteiger partial charge in [0.25, 0.3) is 0 Å². The van der Waals surface area contributed by atoms with Gasteiger partial charge in [0.15, 0.2) is 0 Å². The number of halogens is 2. The fourth-order valence-electron chi connectivity index (χ4n) is 3.16. The molecule has 1 amide bonds. The first-order chi connectivity index (χ1) is 16.4. The van der Waals surface area contributed by atoms with Gasteiger partial charge in [0.1, 0.15) is 22.1 Å². The molecule has 0 saturated heterocycles. The van der Waals surface area contributed by atoms with Crippen LogP contribution in [0.1, 0.15) is 37.0 Å². The van der Waals surface area contributed by atoms with Crippen LogP contribution >= 0.6 is 34.5 Å². The van der Waals surface area contributed by atoms with E-state index in [4.69, 9.17) is 37.4 Å². The summed E-state index contributed by atoms with van der Waals surface area (Å²) in [7, 11) is 0. The number of nitrogens with one attached hydrogen (secondary N) is 1. The molecule has 0 spiro atoms. The van der Waals surface area contributed by atoms with Gasteiger partial charge in [-0.05, 0) is 56.2 Å². The van der Waals surface area contributed by atoms with Crippen molar-refractivity contribution in [3.63, 3.8) is 0 Å². The molecule has 1 heterocycles. The Morgan fingerprint density at radius 3 is 2.44 bits per heavy atom. The molecule has 1 aromatic heterocycles. The minimum Gasteiger partial charge on any atom is -0.494 e. The normalized spacial score (nSPS) is 10.6. The van der Waals surface area contributed by atoms with E-state index in [1.165, 1.54) is 11.3 Å². The van der Waals surface area contributed by atoms with Gasteiger partial charge in [-0.25, -0.2) is 4.79 Å². The van der Waals surface area contributed by atoms with Crippen molar-refractivity contribution >= 4 is 51.4 Å². The highest BCUT2D eigenvalue weighted by Crippen LogP contribution is 2.37. The largest absolute Gasteiger partial charge is 0.494 e. The smallest absolute Gasteiger partial charge is 0.341 e. The number of amides is 1. The Balaban J connectivity index is 1.65. The monoisotopic (exact) mass is 521 g/mol. The number of carbonyl (C=O) groups excluding carboxylic acids is 2. The second kappa shape index (κ2) is 12.6. The van der Waals surface area contributed by atoms with Crippen LogP contribution in [0.2, 0.25) is 10.0 Å². The molecule has 1 N–H and O–H groups in total. The van der Waals surface area contributed by atoms with Crippen molar-refractivity contribution < 1.29 is 23.8 Å². The first-order valence-electron chi connectivity index (χ1n) is 10.8. The third kappa shape index (κ3) is 6.88. The molecule has 0 aliphatic heterocycles. The van der Waals surface area contributed by atoms with Crippen LogP contribution in [-0.2, 0) is 9.53 Å². The van der Waals surface area contributed by atoms with E-state index in [1.807, 2.05) is 36.6 Å². The zero-order valence-corrected chi connectivity index (χ0v) is 21.2. The summed E-state index contributed by atoms with van der Waals surface area (Å²) in [6, 6.07) is 12.4. The highest BCUT2D eigenvalue weighted by Gasteiger charge is 2.22. The fourth-order valence-corrected chi connectivity index (χ4v) is 4.60. The third-order valence-electron chi connectivity index (χ3n) is 4.70. The molecule has 0 aliphatic carbocycles. The zero-order chi connectivity index (χ0) is 24.5. The van der Waals surface area contributed by atoms with Crippen LogP contribution in [0, 0.1) is 0 Å². The lowest BCUT2D eigenvalue weighted by molar-refractivity contribution is -0.116. The number of carbonyl (C=O) groups is 2. The molecule has 0 atom stereocenters. The molecule has 0 radical (unpaired) electrons. The molecule has 0 aliphatic rings. The zero-order valence-electron chi connectivity index (χ0n) is 18.9. The lowest BCUT2D eigenvalue weighted by Gasteiger charge is -2.10. The molecular weight excluding hydrogens is 497 g/mol. The summed E-state index contributed by atoms with van der Waals surface area (Å²) >= 11 is 13.3. The van der Waals surface area contributed by atoms with Crippen molar-refractivity contribution in [3.05, 3.63) is 63.5 Å². The Hall–Kier alpha value is -2.74. The Kier molecular flexibility index (Phi) is 9.62. The van der Waals surface area contributed by atoms with E-state index >= 15 is 0 Å². The van der Waals surface area contributed by atoms with Gasteiger partial charge >= 0.3 is 5.97 Å². The SMILES string of the molecule is CCOC(=O)c1c(-c2ccc(OCC)cc2)csc1NC(=O)CCCOc1ccc(Cl)cc1Cl. The maximum absolute atomic E-state index is 12.7. The van der Waals surface area contributed by atoms with E-state index in [9.17, 15) is 9.59 Å². The van der Waals surface area contributed by atoms with E-state index in [0.29, 0.717) is 51.6 Å². The molecule has 3 aromatic rings. The minimum absolute atomic E-state index is 0.212. The highest BCUT2D eigenvalue weighted by molar-refractivity contribution is 7.15. The number of thiophene rings is 1. The lowest BCUT2D eigenvalue weighted by atomic mass is 10.0. The minimum atomic E-state index is -0.483. The van der Waals surface area contributed by atoms with Gasteiger partial charge in [-0.3, -0.25) is 4.79 Å². The molecule has 0 bridgehead atoms. The van der Waals surface area contributed by atoms with Gasteiger partial charge in [0, 0.05) is 22.4 Å². The predicted molar refractivity (Wildman–Crippen MR) is 137 cm³/mol. The molecule has 34 heavy (non-hydrogen) atoms. The van der Waals surface area contributed by atoms with Gasteiger partial charge in [-0.2, -0.15) is 0 Å². The van der Waals surface area contributed by atoms with Crippen molar-refractivity contribution in [2.45, 2.75) is 26.7 Å². The number of hydrogen-bond donors (Lipinski definition) is 1. The molecule has 2 aromatic carbocycles. The number of esters is 1. The van der Waals surface area contributed by atoms with Gasteiger partial charge in [-0.1, -0.05) is 35.3 Å². The van der Waals surface area contributed by atoms with E-state index in [1.54, 1.807) is 25.1 Å². The Labute approximate surface area is 212 Å². The standard InChI is InChI=1S/C25H25Cl2NO5S/c1-3-31-18-10-7-16(8-11-18)19-15-34-24(23(19)25(30)32-4-2)28-22(29)6-5-13-33-21-12-9-17(26)14-20(21)27/h7-12,14-15H,3-6,13H2,1-2H3,(H,28,29). The number of hydrogen-bond acceptors (Lipinski definition) is 6. The summed E-state index contributed by atoms with van der Waals surface area (Å²) in [5.41, 5.74) is 1.87. The van der Waals surface area contributed by atoms with Crippen LogP contribution in [0.4, 0.5) is 5.00 Å². The van der Waals surface area contributed by atoms with Crippen LogP contribution in [-0.4, -0.2) is 31.7 Å². The number of rotatable bonds is 11. The third-order valence-corrected chi connectivity index (χ3v) is 6.13. The summed E-state index contributed by atoms with van der Waals surface area (Å²) < 4.78 is 16.4. The lowest BCUT2D eigenvalue weighted by Crippen LogP contribution is -2.15. The maximum atomic E-state index is 12.7. The molecular formula is C25H25Cl2NO5S. The quantitative estimate of drug-likeness (QED) is 0.215. The van der Waals surface area contributed by atoms with Gasteiger partial charge in [0.2, 0.25) is 5.91 Å². The summed E-state index contributed by atoms with van der Waals surface area (Å²) in [6.07, 6.45) is 0.681. The van der Waals surface area contributed by atoms with Crippen LogP contribution in [0.3, 0.4) is 0 Å². The van der Waals surface area contributed by atoms with Gasteiger partial charge in [-0.15, -0.1) is 11.3 Å². The second-order valence-corrected chi connectivity index (χ2v) is 8.83. The Morgan fingerprint density at radius 2 is 1.76 bits per heavy atom. The summed E-state index contributed by atoms with van der Waals surface area (Å²) in [6.45, 7) is 4.77. The first-order valence-corrected chi connectivity index (χ1v) is 12.5. The summed E-state index contributed by atoms with van der Waals surface area (Å²) in [4.78, 5) is 25.3. The number of ether oxygens (including phenoxy) is 3. The topological polar surface area (TPSA) is 73.9 Å². The summed E-state index contributed by atoms with van der Waals surface area (Å²) in [5, 5.41) is 6.07. The predicted octanol–water partition coefficient (Wildman–Crippen LogP) is 7.10. The van der Waals surface area contributed by atoms with E-state index in [2.05, 4.69) is 5.32 Å². The first kappa shape index (κ1) is 25.9. The van der Waals surface area contributed by atoms with Crippen molar-refractivity contribution in [3.8, 4) is 22.6 Å². The average Bonchev–Trinajstić information content (AvgIpc) is 3.22. The Morgan fingerprint density at radius 1 is 1.00 bits per heavy atom. The van der Waals surface area contributed by atoms with Crippen molar-refractivity contribution in [1.82, 2.24) is 0 Å². The van der Waals surface area contributed by atoms with Crippen molar-refractivity contribution in [1.29, 1.82) is 0 Å². The molecule has 0 fully saturated rings. The second-order valence-electron chi connectivity index (χ2n) is 7.11. The maximum Gasteiger partial charge on any atom is 0.341 e. The fraction of sp³-hybridized carbons (Fsp3) is 0.280. The van der Waals surface area contributed by atoms with E-state index < -0.39 is 5.97 Å². The average molecular weight is 522 g/mol. The summed E-state index contributed by atoms with van der Waals surface area (Å²) in [5.74, 6) is 0.546. The molecule has 0 unspecified atom stereocenters. The van der Waals surface area contributed by atoms with Gasteiger partial charge < -0.3 is 19.5 Å². The molecule has 0 saturated carbocycles. The van der Waals surface area contributed by atoms with E-state index in [0.717, 1.165) is 11.3 Å². The highest BCUT2D eigenvalue weighted by atomic mass is 35.5. The van der Waals surface area contributed by atoms with Crippen LogP contribution in [0.25, 0.3) is 11.1 Å². The molecule has 3 rings (SSSR count). The molecule has 9 heteroatoms. The van der Waals surface area contributed by atoms with Crippen molar-refractivity contribution in [2.75, 3.05) is 25.1 Å². The molecule has 180 valence electrons. The van der Waals surface area contributed by atoms with Gasteiger partial charge in [0.05, 0.1) is 24.8 Å². The van der Waals surface area contributed by atoms with Crippen LogP contribution in [0.15, 0.2) is 47.8 Å².